The van der Waals surface area contributed by atoms with Gasteiger partial charge in [0, 0.05) is 31.9 Å². The van der Waals surface area contributed by atoms with Gasteiger partial charge in [0.15, 0.2) is 0 Å². The van der Waals surface area contributed by atoms with Crippen molar-refractivity contribution in [3.8, 4) is 0 Å². The second kappa shape index (κ2) is 7.01. The highest BCUT2D eigenvalue weighted by atomic mass is 32.2. The summed E-state index contributed by atoms with van der Waals surface area (Å²) in [7, 11) is 1.90. The van der Waals surface area contributed by atoms with Crippen LogP contribution < -0.4 is 0 Å². The van der Waals surface area contributed by atoms with Crippen LogP contribution >= 0.6 is 11.8 Å². The Hall–Kier alpha value is -0.420. The van der Waals surface area contributed by atoms with Crippen LogP contribution in [0.1, 0.15) is 13.3 Å². The molecule has 1 rings (SSSR count). The molecular formula is C11H22N2O2S. The highest BCUT2D eigenvalue weighted by Crippen LogP contribution is 2.11. The molecule has 0 radical (unpaired) electrons. The van der Waals surface area contributed by atoms with Gasteiger partial charge < -0.3 is 14.5 Å². The van der Waals surface area contributed by atoms with Gasteiger partial charge in [0.05, 0.1) is 13.2 Å². The molecule has 1 fully saturated rings. The molecular weight excluding hydrogens is 224 g/mol. The van der Waals surface area contributed by atoms with Crippen molar-refractivity contribution >= 4 is 17.8 Å². The van der Waals surface area contributed by atoms with E-state index in [9.17, 15) is 4.79 Å². The van der Waals surface area contributed by atoms with E-state index in [0.717, 1.165) is 25.3 Å². The Morgan fingerprint density at radius 3 is 2.62 bits per heavy atom. The van der Waals surface area contributed by atoms with Crippen molar-refractivity contribution in [3.05, 3.63) is 0 Å². The number of carbonyl (C=O) groups excluding carboxylic acids is 1. The predicted octanol–water partition coefficient (Wildman–Crippen LogP) is 1.51. The van der Waals surface area contributed by atoms with Crippen LogP contribution in [-0.2, 0) is 4.74 Å². The Bertz CT molecular complexity index is 220. The first kappa shape index (κ1) is 13.6. The van der Waals surface area contributed by atoms with E-state index in [1.54, 1.807) is 11.8 Å². The second-order valence-corrected chi connectivity index (χ2v) is 4.92. The number of hydrogen-bond acceptors (Lipinski definition) is 3. The molecule has 1 aliphatic heterocycles. The zero-order chi connectivity index (χ0) is 12.0. The smallest absolute Gasteiger partial charge is 0.320 e. The molecule has 0 saturated carbocycles. The Morgan fingerprint density at radius 1 is 1.50 bits per heavy atom. The molecule has 16 heavy (non-hydrogen) atoms. The monoisotopic (exact) mass is 246 g/mol. The van der Waals surface area contributed by atoms with Crippen LogP contribution in [-0.4, -0.2) is 67.2 Å². The molecule has 0 spiro atoms. The largest absolute Gasteiger partial charge is 0.378 e. The Balaban J connectivity index is 2.49. The lowest BCUT2D eigenvalue weighted by atomic mass is 10.2. The Morgan fingerprint density at radius 2 is 2.12 bits per heavy atom. The van der Waals surface area contributed by atoms with Crippen molar-refractivity contribution in [2.24, 2.45) is 0 Å². The third-order valence-electron chi connectivity index (χ3n) is 2.96. The number of rotatable bonds is 4. The van der Waals surface area contributed by atoms with Gasteiger partial charge in [-0.1, -0.05) is 6.92 Å². The summed E-state index contributed by atoms with van der Waals surface area (Å²) < 4.78 is 5.25. The topological polar surface area (TPSA) is 32.8 Å². The fourth-order valence-electron chi connectivity index (χ4n) is 1.83. The van der Waals surface area contributed by atoms with E-state index in [1.165, 1.54) is 0 Å². The normalized spacial score (nSPS) is 18.3. The zero-order valence-corrected chi connectivity index (χ0v) is 11.3. The maximum Gasteiger partial charge on any atom is 0.320 e. The van der Waals surface area contributed by atoms with E-state index < -0.39 is 0 Å². The van der Waals surface area contributed by atoms with Crippen molar-refractivity contribution in [1.29, 1.82) is 0 Å². The molecule has 0 aromatic rings. The van der Waals surface area contributed by atoms with Crippen molar-refractivity contribution in [1.82, 2.24) is 9.80 Å². The van der Waals surface area contributed by atoms with E-state index in [1.807, 2.05) is 16.8 Å². The number of ether oxygens (including phenoxy) is 1. The SMILES string of the molecule is CCC(CSC)N(C)C(=O)N1CCOCC1. The van der Waals surface area contributed by atoms with Crippen LogP contribution in [0.2, 0.25) is 0 Å². The van der Waals surface area contributed by atoms with E-state index in [2.05, 4.69) is 13.2 Å². The zero-order valence-electron chi connectivity index (χ0n) is 10.4. The number of urea groups is 1. The van der Waals surface area contributed by atoms with Crippen LogP contribution in [0.25, 0.3) is 0 Å². The molecule has 4 nitrogen and oxygen atoms in total. The average molecular weight is 246 g/mol. The fourth-order valence-corrected chi connectivity index (χ4v) is 2.67. The molecule has 1 aliphatic rings. The van der Waals surface area contributed by atoms with E-state index >= 15 is 0 Å². The number of hydrogen-bond donors (Lipinski definition) is 0. The molecule has 0 aliphatic carbocycles. The van der Waals surface area contributed by atoms with Gasteiger partial charge in [-0.25, -0.2) is 4.79 Å². The summed E-state index contributed by atoms with van der Waals surface area (Å²) in [5.41, 5.74) is 0. The highest BCUT2D eigenvalue weighted by Gasteiger charge is 2.24. The minimum absolute atomic E-state index is 0.143. The Kier molecular flexibility index (Phi) is 5.98. The summed E-state index contributed by atoms with van der Waals surface area (Å²) in [5.74, 6) is 1.00. The molecule has 0 aromatic carbocycles. The summed E-state index contributed by atoms with van der Waals surface area (Å²) in [4.78, 5) is 15.9. The molecule has 1 saturated heterocycles. The quantitative estimate of drug-likeness (QED) is 0.754. The number of carbonyl (C=O) groups is 1. The molecule has 1 heterocycles. The van der Waals surface area contributed by atoms with Crippen molar-refractivity contribution in [2.45, 2.75) is 19.4 Å². The van der Waals surface area contributed by atoms with E-state index in [-0.39, 0.29) is 6.03 Å². The van der Waals surface area contributed by atoms with Crippen LogP contribution in [0.15, 0.2) is 0 Å². The van der Waals surface area contributed by atoms with Gasteiger partial charge in [-0.2, -0.15) is 11.8 Å². The summed E-state index contributed by atoms with van der Waals surface area (Å²) in [6.07, 6.45) is 3.09. The molecule has 0 N–H and O–H groups in total. The lowest BCUT2D eigenvalue weighted by Gasteiger charge is -2.34. The van der Waals surface area contributed by atoms with Gasteiger partial charge in [-0.3, -0.25) is 0 Å². The third kappa shape index (κ3) is 3.56. The standard InChI is InChI=1S/C11H22N2O2S/c1-4-10(9-16-3)12(2)11(14)13-5-7-15-8-6-13/h10H,4-9H2,1-3H3. The first-order chi connectivity index (χ1) is 7.70. The maximum absolute atomic E-state index is 12.2. The highest BCUT2D eigenvalue weighted by molar-refractivity contribution is 7.98. The van der Waals surface area contributed by atoms with Gasteiger partial charge in [0.25, 0.3) is 0 Å². The first-order valence-corrected chi connectivity index (χ1v) is 7.18. The molecule has 5 heteroatoms. The summed E-state index contributed by atoms with van der Waals surface area (Å²) >= 11 is 1.79. The molecule has 1 unspecified atom stereocenters. The van der Waals surface area contributed by atoms with Crippen LogP contribution in [0.4, 0.5) is 4.79 Å². The van der Waals surface area contributed by atoms with Crippen LogP contribution in [0, 0.1) is 0 Å². The van der Waals surface area contributed by atoms with Crippen LogP contribution in [0.3, 0.4) is 0 Å². The number of amides is 2. The molecule has 1 atom stereocenters. The predicted molar refractivity (Wildman–Crippen MR) is 68.0 cm³/mol. The van der Waals surface area contributed by atoms with Gasteiger partial charge in [0.2, 0.25) is 0 Å². The summed E-state index contributed by atoms with van der Waals surface area (Å²) in [6.45, 7) is 4.90. The minimum atomic E-state index is 0.143. The molecule has 94 valence electrons. The fraction of sp³-hybridized carbons (Fsp3) is 0.909. The van der Waals surface area contributed by atoms with Crippen molar-refractivity contribution in [2.75, 3.05) is 45.4 Å². The van der Waals surface area contributed by atoms with Gasteiger partial charge in [0.1, 0.15) is 0 Å². The average Bonchev–Trinajstić information content (AvgIpc) is 2.35. The summed E-state index contributed by atoms with van der Waals surface area (Å²) in [5, 5.41) is 0. The Labute approximate surface area is 102 Å². The lowest BCUT2D eigenvalue weighted by Crippen LogP contribution is -2.50. The number of thioether (sulfide) groups is 1. The van der Waals surface area contributed by atoms with Crippen molar-refractivity contribution < 1.29 is 9.53 Å². The summed E-state index contributed by atoms with van der Waals surface area (Å²) in [6, 6.07) is 0.481. The lowest BCUT2D eigenvalue weighted by molar-refractivity contribution is 0.0426. The first-order valence-electron chi connectivity index (χ1n) is 5.79. The van der Waals surface area contributed by atoms with Gasteiger partial charge in [-0.15, -0.1) is 0 Å². The maximum atomic E-state index is 12.2. The molecule has 0 bridgehead atoms. The van der Waals surface area contributed by atoms with E-state index in [4.69, 9.17) is 4.74 Å². The third-order valence-corrected chi connectivity index (χ3v) is 3.68. The molecule has 0 aromatic heterocycles. The van der Waals surface area contributed by atoms with Crippen LogP contribution in [0.5, 0.6) is 0 Å². The molecule has 2 amide bonds. The number of morpholine rings is 1. The van der Waals surface area contributed by atoms with Gasteiger partial charge >= 0.3 is 6.03 Å². The second-order valence-electron chi connectivity index (χ2n) is 4.01. The number of nitrogens with zero attached hydrogens (tertiary/aromatic N) is 2. The van der Waals surface area contributed by atoms with E-state index in [0.29, 0.717) is 19.3 Å². The van der Waals surface area contributed by atoms with Gasteiger partial charge in [-0.05, 0) is 12.7 Å². The minimum Gasteiger partial charge on any atom is -0.378 e. The van der Waals surface area contributed by atoms with Crippen molar-refractivity contribution in [3.63, 3.8) is 0 Å².